The van der Waals surface area contributed by atoms with Crippen LogP contribution in [0.5, 0.6) is 11.5 Å². The number of carbonyl (C=O) groups excluding carboxylic acids is 1. The van der Waals surface area contributed by atoms with Crippen molar-refractivity contribution in [3.63, 3.8) is 0 Å². The van der Waals surface area contributed by atoms with Crippen LogP contribution in [0.25, 0.3) is 6.08 Å². The first kappa shape index (κ1) is 25.5. The summed E-state index contributed by atoms with van der Waals surface area (Å²) in [7, 11) is -3.22. The number of rotatable bonds is 7. The van der Waals surface area contributed by atoms with Crippen LogP contribution in [-0.2, 0) is 10.1 Å². The topological polar surface area (TPSA) is 92.7 Å². The molecule has 2 aliphatic rings. The predicted octanol–water partition coefficient (Wildman–Crippen LogP) is 6.56. The lowest BCUT2D eigenvalue weighted by Gasteiger charge is -2.31. The van der Waals surface area contributed by atoms with Crippen molar-refractivity contribution in [2.75, 3.05) is 7.11 Å². The summed E-state index contributed by atoms with van der Waals surface area (Å²) < 4.78 is 48.9. The molecule has 6 nitrogen and oxygen atoms in total. The van der Waals surface area contributed by atoms with Crippen molar-refractivity contribution >= 4 is 22.2 Å². The molecule has 0 unspecified atom stereocenters. The van der Waals surface area contributed by atoms with Crippen LogP contribution < -0.4 is 9.47 Å². The molecule has 0 heterocycles. The van der Waals surface area contributed by atoms with Crippen LogP contribution in [0.1, 0.15) is 103 Å². The van der Waals surface area contributed by atoms with E-state index in [0.717, 1.165) is 69.8 Å². The van der Waals surface area contributed by atoms with E-state index in [1.54, 1.807) is 36.4 Å². The van der Waals surface area contributed by atoms with Gasteiger partial charge in [-0.05, 0) is 78.5 Å². The van der Waals surface area contributed by atoms with Gasteiger partial charge < -0.3 is 14.0 Å². The lowest BCUT2D eigenvalue weighted by Crippen LogP contribution is -2.18. The molecule has 35 heavy (non-hydrogen) atoms. The number of benzene rings is 2. The van der Waals surface area contributed by atoms with Crippen molar-refractivity contribution in [3.05, 3.63) is 59.2 Å². The minimum absolute atomic E-state index is 0.0397. The van der Waals surface area contributed by atoms with E-state index in [0.29, 0.717) is 16.9 Å². The van der Waals surface area contributed by atoms with Crippen molar-refractivity contribution < 1.29 is 27.2 Å². The van der Waals surface area contributed by atoms with Gasteiger partial charge in [0.15, 0.2) is 0 Å². The Hall–Kier alpha value is -2.64. The van der Waals surface area contributed by atoms with Gasteiger partial charge >= 0.3 is 5.97 Å². The molecule has 2 aliphatic carbocycles. The molecule has 0 saturated heterocycles. The molecular formula is C28H33O6S-. The first-order chi connectivity index (χ1) is 16.8. The Labute approximate surface area is 208 Å². The second-order valence-corrected chi connectivity index (χ2v) is 10.9. The van der Waals surface area contributed by atoms with Crippen LogP contribution in [0, 0.1) is 0 Å². The Morgan fingerprint density at radius 1 is 0.943 bits per heavy atom. The summed E-state index contributed by atoms with van der Waals surface area (Å²) in [6, 6.07) is 8.33. The zero-order chi connectivity index (χ0) is 25.0. The average molecular weight is 498 g/mol. The monoisotopic (exact) mass is 497 g/mol. The third-order valence-corrected chi connectivity index (χ3v) is 8.32. The van der Waals surface area contributed by atoms with E-state index in [2.05, 4.69) is 6.58 Å². The molecule has 0 bridgehead atoms. The van der Waals surface area contributed by atoms with Crippen LogP contribution in [0.15, 0.2) is 41.8 Å². The number of methoxy groups -OCH3 is 1. The molecule has 2 fully saturated rings. The van der Waals surface area contributed by atoms with Crippen LogP contribution in [0.2, 0.25) is 0 Å². The highest BCUT2D eigenvalue weighted by Crippen LogP contribution is 2.44. The molecule has 0 amide bonds. The van der Waals surface area contributed by atoms with Gasteiger partial charge in [0.1, 0.15) is 27.2 Å². The minimum Gasteiger partial charge on any atom is -0.744 e. The van der Waals surface area contributed by atoms with E-state index < -0.39 is 16.1 Å². The minimum atomic E-state index is -4.70. The highest BCUT2D eigenvalue weighted by molar-refractivity contribution is 7.85. The third kappa shape index (κ3) is 5.78. The zero-order valence-corrected chi connectivity index (χ0v) is 21.1. The molecule has 188 valence electrons. The predicted molar refractivity (Wildman–Crippen MR) is 134 cm³/mol. The SMILES string of the molecule is C=Cc1ccc(OC)c(C(=O)Oc2cc(C3CCCCC3)c(S(=O)(=O)[O-])c(C3CCCCC3)c2)c1. The van der Waals surface area contributed by atoms with Crippen molar-refractivity contribution in [2.45, 2.75) is 80.9 Å². The fourth-order valence-electron chi connectivity index (χ4n) is 5.60. The standard InChI is InChI=1S/C28H34O6S/c1-3-19-14-15-26(33-2)25(16-19)28(29)34-22-17-23(20-10-6-4-7-11-20)27(35(30,31)32)24(18-22)21-12-8-5-9-13-21/h3,14-18,20-21H,1,4-13H2,2H3,(H,30,31,32)/p-1. The normalized spacial score (nSPS) is 17.7. The van der Waals surface area contributed by atoms with Crippen molar-refractivity contribution in [3.8, 4) is 11.5 Å². The molecule has 0 radical (unpaired) electrons. The van der Waals surface area contributed by atoms with E-state index >= 15 is 0 Å². The molecule has 4 rings (SSSR count). The zero-order valence-electron chi connectivity index (χ0n) is 20.3. The van der Waals surface area contributed by atoms with Crippen molar-refractivity contribution in [2.24, 2.45) is 0 Å². The maximum Gasteiger partial charge on any atom is 0.347 e. The Bertz CT molecular complexity index is 1150. The molecule has 2 aromatic rings. The van der Waals surface area contributed by atoms with E-state index in [1.165, 1.54) is 7.11 Å². The summed E-state index contributed by atoms with van der Waals surface area (Å²) in [6.07, 6.45) is 11.0. The number of hydrogen-bond acceptors (Lipinski definition) is 6. The largest absolute Gasteiger partial charge is 0.744 e. The van der Waals surface area contributed by atoms with Gasteiger partial charge in [0.05, 0.1) is 12.0 Å². The average Bonchev–Trinajstić information content (AvgIpc) is 2.88. The Morgan fingerprint density at radius 3 is 1.94 bits per heavy atom. The number of hydrogen-bond donors (Lipinski definition) is 0. The first-order valence-corrected chi connectivity index (χ1v) is 13.9. The number of esters is 1. The summed E-state index contributed by atoms with van der Waals surface area (Å²) in [5.74, 6) is -0.0365. The van der Waals surface area contributed by atoms with Crippen LogP contribution >= 0.6 is 0 Å². The van der Waals surface area contributed by atoms with E-state index in [1.807, 2.05) is 0 Å². The summed E-state index contributed by atoms with van der Waals surface area (Å²) in [5.41, 5.74) is 2.02. The van der Waals surface area contributed by atoms with E-state index in [9.17, 15) is 17.8 Å². The highest BCUT2D eigenvalue weighted by Gasteiger charge is 2.29. The van der Waals surface area contributed by atoms with Crippen LogP contribution in [0.3, 0.4) is 0 Å². The second-order valence-electron chi connectivity index (χ2n) is 9.61. The molecule has 0 aromatic heterocycles. The number of carbonyl (C=O) groups is 1. The molecule has 0 spiro atoms. The van der Waals surface area contributed by atoms with Crippen molar-refractivity contribution in [1.82, 2.24) is 0 Å². The van der Waals surface area contributed by atoms with Gasteiger partial charge in [0.2, 0.25) is 0 Å². The molecule has 2 saturated carbocycles. The Kier molecular flexibility index (Phi) is 7.97. The van der Waals surface area contributed by atoms with Gasteiger partial charge in [-0.15, -0.1) is 0 Å². The van der Waals surface area contributed by atoms with Crippen LogP contribution in [-0.4, -0.2) is 26.0 Å². The van der Waals surface area contributed by atoms with Gasteiger partial charge in [-0.25, -0.2) is 13.2 Å². The van der Waals surface area contributed by atoms with Crippen LogP contribution in [0.4, 0.5) is 0 Å². The van der Waals surface area contributed by atoms with Gasteiger partial charge in [-0.1, -0.05) is 57.2 Å². The quantitative estimate of drug-likeness (QED) is 0.244. The van der Waals surface area contributed by atoms with E-state index in [-0.39, 0.29) is 28.0 Å². The fraction of sp³-hybridized carbons (Fsp3) is 0.464. The molecular weight excluding hydrogens is 464 g/mol. The van der Waals surface area contributed by atoms with Gasteiger partial charge in [0, 0.05) is 0 Å². The van der Waals surface area contributed by atoms with Gasteiger partial charge in [0.25, 0.3) is 0 Å². The molecule has 2 aromatic carbocycles. The molecule has 0 aliphatic heterocycles. The number of ether oxygens (including phenoxy) is 2. The summed E-state index contributed by atoms with van der Waals surface area (Å²) in [5, 5.41) is 0. The summed E-state index contributed by atoms with van der Waals surface area (Å²) >= 11 is 0. The third-order valence-electron chi connectivity index (χ3n) is 7.35. The van der Waals surface area contributed by atoms with E-state index in [4.69, 9.17) is 9.47 Å². The van der Waals surface area contributed by atoms with Crippen molar-refractivity contribution in [1.29, 1.82) is 0 Å². The molecule has 7 heteroatoms. The second kappa shape index (κ2) is 11.0. The highest BCUT2D eigenvalue weighted by atomic mass is 32.2. The Balaban J connectivity index is 1.81. The maximum atomic E-state index is 13.2. The molecule has 0 atom stereocenters. The first-order valence-electron chi connectivity index (χ1n) is 12.5. The lowest BCUT2D eigenvalue weighted by molar-refractivity contribution is 0.0730. The fourth-order valence-corrected chi connectivity index (χ4v) is 6.63. The van der Waals surface area contributed by atoms with Gasteiger partial charge in [-0.3, -0.25) is 0 Å². The maximum absolute atomic E-state index is 13.2. The smallest absolute Gasteiger partial charge is 0.347 e. The lowest BCUT2D eigenvalue weighted by atomic mass is 9.79. The summed E-state index contributed by atoms with van der Waals surface area (Å²) in [4.78, 5) is 13.1. The Morgan fingerprint density at radius 2 is 1.49 bits per heavy atom. The van der Waals surface area contributed by atoms with Gasteiger partial charge in [-0.2, -0.15) is 0 Å². The molecule has 0 N–H and O–H groups in total. The summed E-state index contributed by atoms with van der Waals surface area (Å²) in [6.45, 7) is 3.75.